The number of benzene rings is 1. The molecule has 0 bridgehead atoms. The first kappa shape index (κ1) is 15.4. The smallest absolute Gasteiger partial charge is 0.151 e. The molecule has 2 unspecified atom stereocenters. The Balaban J connectivity index is 2.93. The first-order valence-electron chi connectivity index (χ1n) is 5.55. The molecule has 0 radical (unpaired) electrons. The third-order valence-electron chi connectivity index (χ3n) is 3.07. The van der Waals surface area contributed by atoms with E-state index in [9.17, 15) is 12.8 Å². The fraction of sp³-hybridized carbons (Fsp3) is 0.500. The van der Waals surface area contributed by atoms with Gasteiger partial charge in [0.15, 0.2) is 9.84 Å². The molecule has 0 aromatic heterocycles. The van der Waals surface area contributed by atoms with Crippen molar-refractivity contribution in [3.05, 3.63) is 34.6 Å². The predicted octanol–water partition coefficient (Wildman–Crippen LogP) is 2.04. The third-order valence-corrected chi connectivity index (χ3v) is 4.98. The Labute approximate surface area is 112 Å². The van der Waals surface area contributed by atoms with Gasteiger partial charge in [-0.05, 0) is 38.1 Å². The van der Waals surface area contributed by atoms with Crippen molar-refractivity contribution < 1.29 is 12.8 Å². The number of hydrogen-bond acceptors (Lipinski definition) is 3. The third kappa shape index (κ3) is 3.93. The van der Waals surface area contributed by atoms with E-state index in [1.807, 2.05) is 0 Å². The molecule has 3 nitrogen and oxygen atoms in total. The Morgan fingerprint density at radius 1 is 1.44 bits per heavy atom. The van der Waals surface area contributed by atoms with Gasteiger partial charge in [0.2, 0.25) is 0 Å². The van der Waals surface area contributed by atoms with Crippen LogP contribution in [-0.2, 0) is 16.3 Å². The number of hydrogen-bond donors (Lipinski definition) is 1. The predicted molar refractivity (Wildman–Crippen MR) is 72.3 cm³/mol. The zero-order chi connectivity index (χ0) is 13.9. The normalized spacial score (nSPS) is 15.4. The van der Waals surface area contributed by atoms with Crippen LogP contribution in [-0.4, -0.2) is 33.0 Å². The van der Waals surface area contributed by atoms with Gasteiger partial charge in [-0.25, -0.2) is 12.8 Å². The monoisotopic (exact) mass is 293 g/mol. The van der Waals surface area contributed by atoms with Gasteiger partial charge in [-0.15, -0.1) is 0 Å². The molecule has 0 saturated heterocycles. The van der Waals surface area contributed by atoms with Gasteiger partial charge in [0.05, 0.1) is 5.25 Å². The lowest BCUT2D eigenvalue weighted by atomic mass is 10.0. The molecule has 0 saturated carbocycles. The number of halogens is 2. The molecule has 0 amide bonds. The lowest BCUT2D eigenvalue weighted by Crippen LogP contribution is -2.42. The van der Waals surface area contributed by atoms with Gasteiger partial charge in [-0.3, -0.25) is 0 Å². The van der Waals surface area contributed by atoms with E-state index in [0.29, 0.717) is 17.0 Å². The fourth-order valence-corrected chi connectivity index (χ4v) is 2.71. The molecule has 6 heteroatoms. The maximum Gasteiger partial charge on any atom is 0.151 e. The van der Waals surface area contributed by atoms with Gasteiger partial charge in [-0.1, -0.05) is 17.7 Å². The number of likely N-dealkylation sites (N-methyl/N-ethyl adjacent to an activating group) is 1. The lowest BCUT2D eigenvalue weighted by Gasteiger charge is -2.22. The second-order valence-electron chi connectivity index (χ2n) is 4.37. The van der Waals surface area contributed by atoms with Gasteiger partial charge >= 0.3 is 0 Å². The molecule has 0 aliphatic heterocycles. The molecule has 2 atom stereocenters. The molecule has 1 aromatic rings. The van der Waals surface area contributed by atoms with Gasteiger partial charge in [0, 0.05) is 17.3 Å². The average Bonchev–Trinajstić information content (AvgIpc) is 2.26. The maximum atomic E-state index is 13.6. The van der Waals surface area contributed by atoms with Crippen molar-refractivity contribution in [2.45, 2.75) is 24.6 Å². The summed E-state index contributed by atoms with van der Waals surface area (Å²) in [6, 6.07) is 4.07. The van der Waals surface area contributed by atoms with Crippen molar-refractivity contribution in [3.63, 3.8) is 0 Å². The number of sulfone groups is 1. The largest absolute Gasteiger partial charge is 0.315 e. The molecule has 0 spiro atoms. The topological polar surface area (TPSA) is 46.2 Å². The summed E-state index contributed by atoms with van der Waals surface area (Å²) in [5.41, 5.74) is 0.453. The molecule has 0 heterocycles. The SMILES string of the molecule is CNC(Cc1ccc(Cl)cc1F)C(C)S(C)(=O)=O. The minimum Gasteiger partial charge on any atom is -0.315 e. The van der Waals surface area contributed by atoms with Crippen LogP contribution in [0.5, 0.6) is 0 Å². The van der Waals surface area contributed by atoms with Gasteiger partial charge in [-0.2, -0.15) is 0 Å². The van der Waals surface area contributed by atoms with E-state index in [1.165, 1.54) is 12.3 Å². The zero-order valence-electron chi connectivity index (χ0n) is 10.6. The summed E-state index contributed by atoms with van der Waals surface area (Å²) in [4.78, 5) is 0. The van der Waals surface area contributed by atoms with Crippen molar-refractivity contribution in [2.24, 2.45) is 0 Å². The van der Waals surface area contributed by atoms with Crippen molar-refractivity contribution in [2.75, 3.05) is 13.3 Å². The molecular weight excluding hydrogens is 277 g/mol. The lowest BCUT2D eigenvalue weighted by molar-refractivity contribution is 0.504. The van der Waals surface area contributed by atoms with E-state index < -0.39 is 20.9 Å². The summed E-state index contributed by atoms with van der Waals surface area (Å²) in [5, 5.41) is 2.66. The van der Waals surface area contributed by atoms with E-state index in [-0.39, 0.29) is 6.04 Å². The molecule has 1 N–H and O–H groups in total. The quantitative estimate of drug-likeness (QED) is 0.904. The molecule has 0 fully saturated rings. The number of rotatable bonds is 5. The maximum absolute atomic E-state index is 13.6. The molecule has 0 aliphatic carbocycles. The van der Waals surface area contributed by atoms with Crippen LogP contribution < -0.4 is 5.32 Å². The van der Waals surface area contributed by atoms with Crippen LogP contribution in [0.3, 0.4) is 0 Å². The molecule has 1 rings (SSSR count). The standard InChI is InChI=1S/C12H17ClFNO2S/c1-8(18(3,16)17)12(15-2)6-9-4-5-10(13)7-11(9)14/h4-5,7-8,12,15H,6H2,1-3H3. The van der Waals surface area contributed by atoms with Crippen LogP contribution in [0.1, 0.15) is 12.5 Å². The highest BCUT2D eigenvalue weighted by Gasteiger charge is 2.25. The minimum atomic E-state index is -3.17. The van der Waals surface area contributed by atoms with Crippen LogP contribution in [0.2, 0.25) is 5.02 Å². The van der Waals surface area contributed by atoms with Crippen LogP contribution >= 0.6 is 11.6 Å². The van der Waals surface area contributed by atoms with Crippen molar-refractivity contribution in [1.29, 1.82) is 0 Å². The summed E-state index contributed by atoms with van der Waals surface area (Å²) in [6.45, 7) is 1.62. The minimum absolute atomic E-state index is 0.299. The van der Waals surface area contributed by atoms with Crippen LogP contribution in [0.25, 0.3) is 0 Å². The average molecular weight is 294 g/mol. The first-order valence-corrected chi connectivity index (χ1v) is 7.89. The summed E-state index contributed by atoms with van der Waals surface area (Å²) in [5.74, 6) is -0.413. The van der Waals surface area contributed by atoms with E-state index in [1.54, 1.807) is 26.1 Å². The highest BCUT2D eigenvalue weighted by molar-refractivity contribution is 7.91. The summed E-state index contributed by atoms with van der Waals surface area (Å²) < 4.78 is 36.7. The Kier molecular flexibility index (Phi) is 5.13. The Morgan fingerprint density at radius 3 is 2.50 bits per heavy atom. The van der Waals surface area contributed by atoms with Crippen molar-refractivity contribution in [3.8, 4) is 0 Å². The first-order chi connectivity index (χ1) is 8.25. The second kappa shape index (κ2) is 5.99. The molecular formula is C12H17ClFNO2S. The highest BCUT2D eigenvalue weighted by atomic mass is 35.5. The zero-order valence-corrected chi connectivity index (χ0v) is 12.1. The van der Waals surface area contributed by atoms with Crippen molar-refractivity contribution >= 4 is 21.4 Å². The van der Waals surface area contributed by atoms with Crippen LogP contribution in [0.15, 0.2) is 18.2 Å². The molecule has 18 heavy (non-hydrogen) atoms. The number of nitrogens with one attached hydrogen (secondary N) is 1. The second-order valence-corrected chi connectivity index (χ2v) is 7.21. The van der Waals surface area contributed by atoms with Crippen LogP contribution in [0.4, 0.5) is 4.39 Å². The summed E-state index contributed by atoms with van der Waals surface area (Å²) in [6.07, 6.45) is 1.48. The Hall–Kier alpha value is -0.650. The highest BCUT2D eigenvalue weighted by Crippen LogP contribution is 2.18. The molecule has 102 valence electrons. The van der Waals surface area contributed by atoms with Gasteiger partial charge < -0.3 is 5.32 Å². The van der Waals surface area contributed by atoms with Gasteiger partial charge in [0.25, 0.3) is 0 Å². The van der Waals surface area contributed by atoms with Gasteiger partial charge in [0.1, 0.15) is 5.82 Å². The molecule has 1 aromatic carbocycles. The fourth-order valence-electron chi connectivity index (χ4n) is 1.73. The Bertz CT molecular complexity index is 519. The van der Waals surface area contributed by atoms with Crippen LogP contribution in [0, 0.1) is 5.82 Å². The van der Waals surface area contributed by atoms with E-state index in [0.717, 1.165) is 0 Å². The van der Waals surface area contributed by atoms with Crippen molar-refractivity contribution in [1.82, 2.24) is 5.32 Å². The van der Waals surface area contributed by atoms with E-state index >= 15 is 0 Å². The summed E-state index contributed by atoms with van der Waals surface area (Å²) in [7, 11) is -1.50. The van der Waals surface area contributed by atoms with E-state index in [2.05, 4.69) is 5.32 Å². The van der Waals surface area contributed by atoms with E-state index in [4.69, 9.17) is 11.6 Å². The Morgan fingerprint density at radius 2 is 2.06 bits per heavy atom. The molecule has 0 aliphatic rings. The summed E-state index contributed by atoms with van der Waals surface area (Å²) >= 11 is 5.67.